The summed E-state index contributed by atoms with van der Waals surface area (Å²) in [4.78, 5) is 43.5. The van der Waals surface area contributed by atoms with Crippen LogP contribution >= 0.6 is 0 Å². The fraction of sp³-hybridized carbons (Fsp3) is 0.842. The average Bonchev–Trinajstić information content (AvgIpc) is 3.17. The summed E-state index contributed by atoms with van der Waals surface area (Å²) >= 11 is 0. The Balaban J connectivity index is 1.73. The van der Waals surface area contributed by atoms with Crippen LogP contribution in [0.2, 0.25) is 0 Å². The molecule has 3 fully saturated rings. The lowest BCUT2D eigenvalue weighted by Crippen LogP contribution is -2.64. The molecule has 2 heterocycles. The fourth-order valence-corrected chi connectivity index (χ4v) is 5.00. The minimum atomic E-state index is -0.523. The Morgan fingerprint density at radius 2 is 1.50 bits per heavy atom. The van der Waals surface area contributed by atoms with Crippen LogP contribution < -0.4 is 5.32 Å². The second-order valence-electron chi connectivity index (χ2n) is 7.85. The number of rotatable bonds is 3. The molecular weight excluding hydrogens is 332 g/mol. The molecule has 0 aromatic heterocycles. The highest BCUT2D eigenvalue weighted by Gasteiger charge is 2.50. The van der Waals surface area contributed by atoms with Gasteiger partial charge in [0.15, 0.2) is 0 Å². The number of carbonyl (C=O) groups excluding carboxylic acids is 3. The predicted octanol–water partition coefficient (Wildman–Crippen LogP) is 0.590. The van der Waals surface area contributed by atoms with Crippen LogP contribution in [0.1, 0.15) is 51.9 Å². The molecule has 2 saturated heterocycles. The van der Waals surface area contributed by atoms with Crippen LogP contribution in [0.5, 0.6) is 0 Å². The monoisotopic (exact) mass is 364 g/mol. The van der Waals surface area contributed by atoms with Crippen LogP contribution in [0.4, 0.5) is 0 Å². The molecule has 0 bridgehead atoms. The van der Waals surface area contributed by atoms with Gasteiger partial charge in [-0.2, -0.15) is 0 Å². The molecule has 7 nitrogen and oxygen atoms in total. The largest absolute Gasteiger partial charge is 0.358 e. The lowest BCUT2D eigenvalue weighted by atomic mass is 9.79. The normalized spacial score (nSPS) is 26.6. The Morgan fingerprint density at radius 3 is 2.08 bits per heavy atom. The lowest BCUT2D eigenvalue weighted by Gasteiger charge is -2.46. The molecule has 3 amide bonds. The van der Waals surface area contributed by atoms with Crippen LogP contribution in [0.15, 0.2) is 0 Å². The van der Waals surface area contributed by atoms with E-state index in [2.05, 4.69) is 10.2 Å². The number of nitrogens with zero attached hydrogens (tertiary/aromatic N) is 3. The van der Waals surface area contributed by atoms with Crippen molar-refractivity contribution in [2.45, 2.75) is 63.5 Å². The van der Waals surface area contributed by atoms with Gasteiger partial charge in [-0.3, -0.25) is 19.3 Å². The Hall–Kier alpha value is -1.63. The zero-order chi connectivity index (χ0) is 18.7. The van der Waals surface area contributed by atoms with Gasteiger partial charge in [-0.25, -0.2) is 0 Å². The highest BCUT2D eigenvalue weighted by molar-refractivity contribution is 5.89. The van der Waals surface area contributed by atoms with Crippen LogP contribution in [0.25, 0.3) is 0 Å². The molecule has 0 aromatic carbocycles. The number of carbonyl (C=O) groups is 3. The maximum Gasteiger partial charge on any atom is 0.240 e. The topological polar surface area (TPSA) is 73.0 Å². The van der Waals surface area contributed by atoms with Crippen molar-refractivity contribution in [2.24, 2.45) is 0 Å². The Bertz CT molecular complexity index is 551. The molecule has 1 atom stereocenters. The van der Waals surface area contributed by atoms with Crippen LogP contribution in [0.3, 0.4) is 0 Å². The SMILES string of the molecule is CNC(=O)C1(N2CCC[C@H]2C(=O)N2CCN(C(C)=O)CC2)CCCCC1. The first-order chi connectivity index (χ1) is 12.5. The standard InChI is InChI=1S/C19H32N4O3/c1-15(24)21-11-13-22(14-12-21)17(25)16-7-6-10-23(16)19(18(26)20-2)8-4-3-5-9-19/h16H,3-14H2,1-2H3,(H,20,26)/t16-/m0/s1. The van der Waals surface area contributed by atoms with E-state index >= 15 is 0 Å². The number of nitrogens with one attached hydrogen (secondary N) is 1. The molecule has 0 aromatic rings. The van der Waals surface area contributed by atoms with Gasteiger partial charge in [0, 0.05) is 46.7 Å². The third-order valence-electron chi connectivity index (χ3n) is 6.45. The van der Waals surface area contributed by atoms with Gasteiger partial charge in [0.1, 0.15) is 5.54 Å². The summed E-state index contributed by atoms with van der Waals surface area (Å²) in [7, 11) is 1.70. The van der Waals surface area contributed by atoms with E-state index in [1.54, 1.807) is 18.9 Å². The van der Waals surface area contributed by atoms with Crippen molar-refractivity contribution in [2.75, 3.05) is 39.8 Å². The van der Waals surface area contributed by atoms with Crippen LogP contribution in [0, 0.1) is 0 Å². The third-order valence-corrected chi connectivity index (χ3v) is 6.45. The summed E-state index contributed by atoms with van der Waals surface area (Å²) in [6.45, 7) is 4.79. The van der Waals surface area contributed by atoms with Crippen molar-refractivity contribution in [3.8, 4) is 0 Å². The second kappa shape index (κ2) is 7.94. The van der Waals surface area contributed by atoms with Gasteiger partial charge < -0.3 is 15.1 Å². The summed E-state index contributed by atoms with van der Waals surface area (Å²) in [5.41, 5.74) is -0.523. The molecule has 0 radical (unpaired) electrons. The Kier molecular flexibility index (Phi) is 5.85. The third kappa shape index (κ3) is 3.46. The Labute approximate surface area is 156 Å². The Morgan fingerprint density at radius 1 is 0.885 bits per heavy atom. The summed E-state index contributed by atoms with van der Waals surface area (Å²) in [5, 5.41) is 2.86. The van der Waals surface area contributed by atoms with E-state index in [1.807, 2.05) is 4.90 Å². The van der Waals surface area contributed by atoms with Crippen molar-refractivity contribution < 1.29 is 14.4 Å². The number of hydrogen-bond donors (Lipinski definition) is 1. The van der Waals surface area contributed by atoms with Gasteiger partial charge in [0.25, 0.3) is 0 Å². The predicted molar refractivity (Wildman–Crippen MR) is 98.4 cm³/mol. The van der Waals surface area contributed by atoms with Crippen LogP contribution in [-0.4, -0.2) is 83.8 Å². The summed E-state index contributed by atoms with van der Waals surface area (Å²) in [5.74, 6) is 0.276. The quantitative estimate of drug-likeness (QED) is 0.796. The van der Waals surface area contributed by atoms with Gasteiger partial charge in [-0.05, 0) is 25.7 Å². The minimum Gasteiger partial charge on any atom is -0.358 e. The first-order valence-electron chi connectivity index (χ1n) is 10.0. The number of likely N-dealkylation sites (tertiary alicyclic amines) is 1. The molecule has 146 valence electrons. The maximum absolute atomic E-state index is 13.2. The average molecular weight is 364 g/mol. The molecule has 3 rings (SSSR count). The molecule has 0 spiro atoms. The van der Waals surface area contributed by atoms with Crippen molar-refractivity contribution in [3.63, 3.8) is 0 Å². The van der Waals surface area contributed by atoms with Gasteiger partial charge in [-0.1, -0.05) is 19.3 Å². The van der Waals surface area contributed by atoms with Crippen molar-refractivity contribution in [1.82, 2.24) is 20.0 Å². The lowest BCUT2D eigenvalue weighted by molar-refractivity contribution is -0.148. The molecule has 0 unspecified atom stereocenters. The first kappa shape index (κ1) is 19.1. The highest BCUT2D eigenvalue weighted by Crippen LogP contribution is 2.39. The molecule has 1 saturated carbocycles. The number of hydrogen-bond acceptors (Lipinski definition) is 4. The fourth-order valence-electron chi connectivity index (χ4n) is 5.00. The number of piperazine rings is 1. The van der Waals surface area contributed by atoms with Gasteiger partial charge >= 0.3 is 0 Å². The molecular formula is C19H32N4O3. The highest BCUT2D eigenvalue weighted by atomic mass is 16.2. The molecule has 7 heteroatoms. The van der Waals surface area contributed by atoms with E-state index in [0.717, 1.165) is 51.5 Å². The molecule has 2 aliphatic heterocycles. The molecule has 1 N–H and O–H groups in total. The zero-order valence-corrected chi connectivity index (χ0v) is 16.1. The van der Waals surface area contributed by atoms with E-state index in [9.17, 15) is 14.4 Å². The first-order valence-corrected chi connectivity index (χ1v) is 10.0. The van der Waals surface area contributed by atoms with Crippen molar-refractivity contribution in [3.05, 3.63) is 0 Å². The van der Waals surface area contributed by atoms with E-state index in [-0.39, 0.29) is 23.8 Å². The summed E-state index contributed by atoms with van der Waals surface area (Å²) in [6, 6.07) is -0.200. The smallest absolute Gasteiger partial charge is 0.240 e. The number of likely N-dealkylation sites (N-methyl/N-ethyl adjacent to an activating group) is 1. The minimum absolute atomic E-state index is 0.0679. The maximum atomic E-state index is 13.2. The van der Waals surface area contributed by atoms with E-state index in [4.69, 9.17) is 0 Å². The van der Waals surface area contributed by atoms with Gasteiger partial charge in [0.2, 0.25) is 17.7 Å². The van der Waals surface area contributed by atoms with Crippen LogP contribution in [-0.2, 0) is 14.4 Å². The zero-order valence-electron chi connectivity index (χ0n) is 16.1. The van der Waals surface area contributed by atoms with E-state index < -0.39 is 5.54 Å². The number of amides is 3. The van der Waals surface area contributed by atoms with E-state index in [0.29, 0.717) is 26.2 Å². The molecule has 3 aliphatic rings. The van der Waals surface area contributed by atoms with Crippen molar-refractivity contribution in [1.29, 1.82) is 0 Å². The van der Waals surface area contributed by atoms with Gasteiger partial charge in [0.05, 0.1) is 6.04 Å². The van der Waals surface area contributed by atoms with E-state index in [1.165, 1.54) is 0 Å². The second-order valence-corrected chi connectivity index (χ2v) is 7.85. The molecule has 26 heavy (non-hydrogen) atoms. The summed E-state index contributed by atoms with van der Waals surface area (Å²) in [6.07, 6.45) is 6.72. The summed E-state index contributed by atoms with van der Waals surface area (Å²) < 4.78 is 0. The molecule has 1 aliphatic carbocycles. The van der Waals surface area contributed by atoms with Crippen molar-refractivity contribution >= 4 is 17.7 Å². The van der Waals surface area contributed by atoms with Gasteiger partial charge in [-0.15, -0.1) is 0 Å².